The summed E-state index contributed by atoms with van der Waals surface area (Å²) in [5.74, 6) is 0.998. The Bertz CT molecular complexity index is 436. The molecule has 0 fully saturated rings. The molecule has 0 spiro atoms. The Hall–Kier alpha value is -0.770. The number of thiol groups is 1. The van der Waals surface area contributed by atoms with Crippen LogP contribution in [0.15, 0.2) is 47.2 Å². The molecule has 3 rings (SSSR count). The van der Waals surface area contributed by atoms with Crippen molar-refractivity contribution in [3.63, 3.8) is 0 Å². The Morgan fingerprint density at radius 3 is 2.42 bits per heavy atom. The molecule has 0 atom stereocenters. The van der Waals surface area contributed by atoms with Crippen LogP contribution in [0.25, 0.3) is 0 Å². The van der Waals surface area contributed by atoms with Crippen LogP contribution in [0.1, 0.15) is 17.5 Å². The van der Waals surface area contributed by atoms with Gasteiger partial charge in [0.05, 0.1) is 0 Å². The van der Waals surface area contributed by atoms with Gasteiger partial charge >= 0.3 is 0 Å². The molecule has 2 aromatic rings. The predicted molar refractivity (Wildman–Crippen MR) is 88.2 cm³/mol. The van der Waals surface area contributed by atoms with E-state index in [0.717, 1.165) is 12.3 Å². The Labute approximate surface area is 125 Å². The lowest BCUT2D eigenvalue weighted by Crippen LogP contribution is -2.31. The van der Waals surface area contributed by atoms with Crippen molar-refractivity contribution in [1.29, 1.82) is 0 Å². The molecule has 0 radical (unpaired) electrons. The number of nitrogens with zero attached hydrogens (tertiary/aromatic N) is 1. The van der Waals surface area contributed by atoms with E-state index in [1.54, 1.807) is 11.3 Å². The van der Waals surface area contributed by atoms with Crippen molar-refractivity contribution in [3.8, 4) is 0 Å². The van der Waals surface area contributed by atoms with Gasteiger partial charge < -0.3 is 0 Å². The van der Waals surface area contributed by atoms with Gasteiger partial charge in [-0.05, 0) is 47.0 Å². The highest BCUT2D eigenvalue weighted by Gasteiger charge is 2.14. The maximum atomic E-state index is 4.25. The standard InChI is InChI=1S/C12H17NS.C4H4S/c14-9-3-7-13-8-6-11-4-1-2-5-12(11)10-13;1-2-4-5-3-1/h1-2,4-5,14H,3,6-10H2;1-4H. The molecule has 0 unspecified atom stereocenters. The minimum absolute atomic E-state index is 0.998. The first-order valence-electron chi connectivity index (χ1n) is 6.77. The Morgan fingerprint density at radius 1 is 1.05 bits per heavy atom. The van der Waals surface area contributed by atoms with Gasteiger partial charge in [-0.1, -0.05) is 36.4 Å². The van der Waals surface area contributed by atoms with E-state index in [0.29, 0.717) is 0 Å². The lowest BCUT2D eigenvalue weighted by molar-refractivity contribution is 0.255. The SMILES string of the molecule is SCCCN1CCc2ccccc2C1.c1ccsc1. The van der Waals surface area contributed by atoms with Crippen molar-refractivity contribution >= 4 is 24.0 Å². The van der Waals surface area contributed by atoms with Gasteiger partial charge in [0, 0.05) is 13.1 Å². The monoisotopic (exact) mass is 291 g/mol. The molecule has 1 nitrogen and oxygen atoms in total. The molecule has 0 bridgehead atoms. The van der Waals surface area contributed by atoms with E-state index in [2.05, 4.69) is 41.8 Å². The van der Waals surface area contributed by atoms with Crippen LogP contribution in [0.5, 0.6) is 0 Å². The quantitative estimate of drug-likeness (QED) is 0.833. The van der Waals surface area contributed by atoms with Gasteiger partial charge in [-0.25, -0.2) is 0 Å². The summed E-state index contributed by atoms with van der Waals surface area (Å²) in [6, 6.07) is 12.8. The molecule has 1 aliphatic heterocycles. The number of thiophene rings is 1. The van der Waals surface area contributed by atoms with Crippen LogP contribution in [0, 0.1) is 0 Å². The number of hydrogen-bond donors (Lipinski definition) is 1. The van der Waals surface area contributed by atoms with Crippen LogP contribution in [-0.4, -0.2) is 23.7 Å². The molecular weight excluding hydrogens is 270 g/mol. The summed E-state index contributed by atoms with van der Waals surface area (Å²) in [6.45, 7) is 3.53. The Morgan fingerprint density at radius 2 is 1.79 bits per heavy atom. The van der Waals surface area contributed by atoms with E-state index in [1.807, 2.05) is 22.9 Å². The molecule has 3 heteroatoms. The normalized spacial score (nSPS) is 14.4. The van der Waals surface area contributed by atoms with Crippen LogP contribution in [-0.2, 0) is 13.0 Å². The third-order valence-corrected chi connectivity index (χ3v) is 4.21. The van der Waals surface area contributed by atoms with Crippen molar-refractivity contribution in [3.05, 3.63) is 58.3 Å². The van der Waals surface area contributed by atoms with Gasteiger partial charge in [0.15, 0.2) is 0 Å². The van der Waals surface area contributed by atoms with E-state index in [1.165, 1.54) is 37.1 Å². The molecule has 0 saturated carbocycles. The topological polar surface area (TPSA) is 3.24 Å². The average molecular weight is 291 g/mol. The van der Waals surface area contributed by atoms with Gasteiger partial charge in [0.1, 0.15) is 0 Å². The van der Waals surface area contributed by atoms with E-state index in [9.17, 15) is 0 Å². The number of benzene rings is 1. The molecule has 2 heterocycles. The second kappa shape index (κ2) is 8.41. The van der Waals surface area contributed by atoms with Gasteiger partial charge in [0.2, 0.25) is 0 Å². The number of fused-ring (bicyclic) bond motifs is 1. The molecule has 1 aromatic carbocycles. The van der Waals surface area contributed by atoms with Crippen LogP contribution in [0.4, 0.5) is 0 Å². The largest absolute Gasteiger partial charge is 0.299 e. The Kier molecular flexibility index (Phi) is 6.48. The smallest absolute Gasteiger partial charge is 0.0236 e. The zero-order chi connectivity index (χ0) is 13.3. The fourth-order valence-electron chi connectivity index (χ4n) is 2.27. The first-order chi connectivity index (χ1) is 9.40. The Balaban J connectivity index is 0.000000224. The first-order valence-corrected chi connectivity index (χ1v) is 8.35. The van der Waals surface area contributed by atoms with Crippen molar-refractivity contribution in [2.45, 2.75) is 19.4 Å². The van der Waals surface area contributed by atoms with Crippen molar-refractivity contribution in [2.75, 3.05) is 18.8 Å². The number of rotatable bonds is 3. The zero-order valence-corrected chi connectivity index (χ0v) is 12.9. The maximum Gasteiger partial charge on any atom is 0.0236 e. The third kappa shape index (κ3) is 5.01. The summed E-state index contributed by atoms with van der Waals surface area (Å²) in [5, 5.41) is 4.08. The molecule has 0 saturated heterocycles. The van der Waals surface area contributed by atoms with Crippen LogP contribution in [0.2, 0.25) is 0 Å². The van der Waals surface area contributed by atoms with Gasteiger partial charge in [-0.15, -0.1) is 0 Å². The lowest BCUT2D eigenvalue weighted by Gasteiger charge is -2.28. The minimum atomic E-state index is 0.998. The molecule has 0 aliphatic carbocycles. The van der Waals surface area contributed by atoms with Crippen LogP contribution in [0.3, 0.4) is 0 Å². The zero-order valence-electron chi connectivity index (χ0n) is 11.2. The lowest BCUT2D eigenvalue weighted by atomic mass is 10.00. The average Bonchev–Trinajstić information content (AvgIpc) is 3.04. The molecule has 1 aliphatic rings. The summed E-state index contributed by atoms with van der Waals surface area (Å²) < 4.78 is 0. The van der Waals surface area contributed by atoms with E-state index >= 15 is 0 Å². The summed E-state index contributed by atoms with van der Waals surface area (Å²) in [7, 11) is 0. The molecule has 0 amide bonds. The molecule has 1 aromatic heterocycles. The second-order valence-electron chi connectivity index (χ2n) is 4.67. The van der Waals surface area contributed by atoms with E-state index < -0.39 is 0 Å². The third-order valence-electron chi connectivity index (χ3n) is 3.27. The van der Waals surface area contributed by atoms with Crippen LogP contribution >= 0.6 is 24.0 Å². The van der Waals surface area contributed by atoms with Crippen molar-refractivity contribution in [2.24, 2.45) is 0 Å². The summed E-state index contributed by atoms with van der Waals surface area (Å²) in [4.78, 5) is 2.53. The molecular formula is C16H21NS2. The molecule has 102 valence electrons. The summed E-state index contributed by atoms with van der Waals surface area (Å²) in [5.41, 5.74) is 3.05. The minimum Gasteiger partial charge on any atom is -0.299 e. The highest BCUT2D eigenvalue weighted by molar-refractivity contribution is 7.80. The summed E-state index contributed by atoms with van der Waals surface area (Å²) in [6.07, 6.45) is 2.41. The first kappa shape index (κ1) is 14.6. The fraction of sp³-hybridized carbons (Fsp3) is 0.375. The van der Waals surface area contributed by atoms with Gasteiger partial charge in [-0.2, -0.15) is 24.0 Å². The van der Waals surface area contributed by atoms with Crippen molar-refractivity contribution in [1.82, 2.24) is 4.90 Å². The van der Waals surface area contributed by atoms with Crippen LogP contribution < -0.4 is 0 Å². The maximum absolute atomic E-state index is 4.25. The summed E-state index contributed by atoms with van der Waals surface area (Å²) >= 11 is 5.96. The predicted octanol–water partition coefficient (Wildman–Crippen LogP) is 4.11. The van der Waals surface area contributed by atoms with E-state index in [-0.39, 0.29) is 0 Å². The fourth-order valence-corrected chi connectivity index (χ4v) is 2.86. The van der Waals surface area contributed by atoms with Gasteiger partial charge in [0.25, 0.3) is 0 Å². The second-order valence-corrected chi connectivity index (χ2v) is 5.93. The molecule has 0 N–H and O–H groups in total. The number of hydrogen-bond acceptors (Lipinski definition) is 3. The van der Waals surface area contributed by atoms with Gasteiger partial charge in [-0.3, -0.25) is 4.90 Å². The van der Waals surface area contributed by atoms with Crippen molar-refractivity contribution < 1.29 is 0 Å². The van der Waals surface area contributed by atoms with E-state index in [4.69, 9.17) is 0 Å². The highest BCUT2D eigenvalue weighted by atomic mass is 32.1. The molecule has 19 heavy (non-hydrogen) atoms. The highest BCUT2D eigenvalue weighted by Crippen LogP contribution is 2.18.